The normalized spacial score (nSPS) is 10.2. The summed E-state index contributed by atoms with van der Waals surface area (Å²) < 4.78 is 5.12. The molecule has 0 aliphatic heterocycles. The van der Waals surface area contributed by atoms with Crippen molar-refractivity contribution in [3.8, 4) is 23.1 Å². The molecule has 2 aromatic rings. The molecule has 0 amide bonds. The maximum Gasteiger partial charge on any atom is 0.217 e. The van der Waals surface area contributed by atoms with Crippen molar-refractivity contribution < 1.29 is 4.74 Å². The lowest BCUT2D eigenvalue weighted by Crippen LogP contribution is -1.95. The Morgan fingerprint density at radius 1 is 1.25 bits per heavy atom. The first-order valence-electron chi connectivity index (χ1n) is 5.61. The van der Waals surface area contributed by atoms with Crippen LogP contribution in [0.5, 0.6) is 5.88 Å². The highest BCUT2D eigenvalue weighted by molar-refractivity contribution is 6.45. The molecule has 1 heterocycles. The Bertz CT molecular complexity index is 696. The highest BCUT2D eigenvalue weighted by Crippen LogP contribution is 2.37. The van der Waals surface area contributed by atoms with Crippen LogP contribution >= 0.6 is 34.8 Å². The van der Waals surface area contributed by atoms with Crippen LogP contribution in [0.3, 0.4) is 0 Å². The van der Waals surface area contributed by atoms with Crippen molar-refractivity contribution in [3.63, 3.8) is 0 Å². The predicted molar refractivity (Wildman–Crippen MR) is 80.6 cm³/mol. The van der Waals surface area contributed by atoms with E-state index in [9.17, 15) is 0 Å². The average molecular weight is 328 g/mol. The number of hydrogen-bond acceptors (Lipinski definition) is 3. The fraction of sp³-hybridized carbons (Fsp3) is 0.143. The van der Waals surface area contributed by atoms with Crippen LogP contribution in [0.1, 0.15) is 5.56 Å². The summed E-state index contributed by atoms with van der Waals surface area (Å²) in [6.45, 7) is 0. The maximum atomic E-state index is 8.84. The van der Waals surface area contributed by atoms with Gasteiger partial charge in [0.1, 0.15) is 0 Å². The molecule has 0 saturated carbocycles. The van der Waals surface area contributed by atoms with Gasteiger partial charge in [0.2, 0.25) is 5.88 Å². The number of nitrogens with zero attached hydrogens (tertiary/aromatic N) is 2. The van der Waals surface area contributed by atoms with Crippen molar-refractivity contribution in [1.29, 1.82) is 5.26 Å². The Kier molecular flexibility index (Phi) is 4.72. The van der Waals surface area contributed by atoms with Crippen LogP contribution in [0.25, 0.3) is 11.1 Å². The minimum absolute atomic E-state index is 0.190. The molecule has 0 saturated heterocycles. The van der Waals surface area contributed by atoms with E-state index >= 15 is 0 Å². The van der Waals surface area contributed by atoms with Gasteiger partial charge in [0.25, 0.3) is 0 Å². The molecule has 1 aromatic carbocycles. The molecule has 6 heteroatoms. The molecule has 0 unspecified atom stereocenters. The van der Waals surface area contributed by atoms with Gasteiger partial charge < -0.3 is 4.74 Å². The first-order chi connectivity index (χ1) is 9.56. The van der Waals surface area contributed by atoms with Crippen molar-refractivity contribution in [2.45, 2.75) is 6.42 Å². The molecule has 0 spiro atoms. The highest BCUT2D eigenvalue weighted by Gasteiger charge is 2.12. The van der Waals surface area contributed by atoms with Crippen LogP contribution in [0.15, 0.2) is 24.4 Å². The molecule has 0 aliphatic carbocycles. The topological polar surface area (TPSA) is 45.9 Å². The fourth-order valence-corrected chi connectivity index (χ4v) is 2.52. The van der Waals surface area contributed by atoms with Crippen molar-refractivity contribution in [1.82, 2.24) is 4.98 Å². The van der Waals surface area contributed by atoms with E-state index in [0.29, 0.717) is 32.1 Å². The van der Waals surface area contributed by atoms with E-state index < -0.39 is 0 Å². The molecular formula is C14H9Cl3N2O. The SMILES string of the molecule is COc1ncc(-c2cc(Cl)cc(Cl)c2Cl)cc1CC#N. The summed E-state index contributed by atoms with van der Waals surface area (Å²) in [6, 6.07) is 7.14. The van der Waals surface area contributed by atoms with E-state index in [1.807, 2.05) is 0 Å². The first-order valence-corrected chi connectivity index (χ1v) is 6.75. The Balaban J connectivity index is 2.59. The van der Waals surface area contributed by atoms with E-state index in [0.717, 1.165) is 5.56 Å². The molecule has 0 radical (unpaired) electrons. The number of nitriles is 1. The zero-order chi connectivity index (χ0) is 14.7. The van der Waals surface area contributed by atoms with Gasteiger partial charge in [0.15, 0.2) is 0 Å². The smallest absolute Gasteiger partial charge is 0.217 e. The zero-order valence-corrected chi connectivity index (χ0v) is 12.7. The minimum Gasteiger partial charge on any atom is -0.481 e. The largest absolute Gasteiger partial charge is 0.481 e. The van der Waals surface area contributed by atoms with Gasteiger partial charge in [0, 0.05) is 27.9 Å². The number of methoxy groups -OCH3 is 1. The average Bonchev–Trinajstić information content (AvgIpc) is 2.43. The summed E-state index contributed by atoms with van der Waals surface area (Å²) in [5.74, 6) is 0.416. The molecule has 1 aromatic heterocycles. The van der Waals surface area contributed by atoms with Gasteiger partial charge in [0.05, 0.1) is 29.6 Å². The third-order valence-corrected chi connectivity index (χ3v) is 3.71. The van der Waals surface area contributed by atoms with Gasteiger partial charge in [-0.05, 0) is 18.2 Å². The second kappa shape index (κ2) is 6.32. The molecule has 0 aliphatic rings. The van der Waals surface area contributed by atoms with Crippen molar-refractivity contribution in [2.24, 2.45) is 0 Å². The van der Waals surface area contributed by atoms with Crippen LogP contribution in [0.2, 0.25) is 15.1 Å². The summed E-state index contributed by atoms with van der Waals surface area (Å²) in [7, 11) is 1.51. The number of aromatic nitrogens is 1. The zero-order valence-electron chi connectivity index (χ0n) is 10.5. The molecule has 0 fully saturated rings. The van der Waals surface area contributed by atoms with Crippen molar-refractivity contribution in [3.05, 3.63) is 45.0 Å². The monoisotopic (exact) mass is 326 g/mol. The highest BCUT2D eigenvalue weighted by atomic mass is 35.5. The van der Waals surface area contributed by atoms with Crippen LogP contribution < -0.4 is 4.74 Å². The van der Waals surface area contributed by atoms with E-state index in [-0.39, 0.29) is 6.42 Å². The molecule has 102 valence electrons. The summed E-state index contributed by atoms with van der Waals surface area (Å²) in [6.07, 6.45) is 1.80. The van der Waals surface area contributed by atoms with Crippen LogP contribution in [0, 0.1) is 11.3 Å². The molecule has 0 atom stereocenters. The predicted octanol–water partition coefficient (Wildman–Crippen LogP) is 4.78. The Labute approximate surface area is 131 Å². The lowest BCUT2D eigenvalue weighted by molar-refractivity contribution is 0.394. The van der Waals surface area contributed by atoms with Gasteiger partial charge in [-0.15, -0.1) is 0 Å². The number of halogens is 3. The van der Waals surface area contributed by atoms with Crippen LogP contribution in [-0.2, 0) is 6.42 Å². The van der Waals surface area contributed by atoms with E-state index in [1.54, 1.807) is 24.4 Å². The Morgan fingerprint density at radius 2 is 2.00 bits per heavy atom. The van der Waals surface area contributed by atoms with E-state index in [2.05, 4.69) is 11.1 Å². The number of hydrogen-bond donors (Lipinski definition) is 0. The Morgan fingerprint density at radius 3 is 2.65 bits per heavy atom. The lowest BCUT2D eigenvalue weighted by atomic mass is 10.0. The number of rotatable bonds is 3. The second-order valence-electron chi connectivity index (χ2n) is 3.98. The van der Waals surface area contributed by atoms with Gasteiger partial charge in [-0.25, -0.2) is 4.98 Å². The van der Waals surface area contributed by atoms with E-state index in [1.165, 1.54) is 7.11 Å². The summed E-state index contributed by atoms with van der Waals surface area (Å²) in [5.41, 5.74) is 2.07. The molecule has 3 nitrogen and oxygen atoms in total. The minimum atomic E-state index is 0.190. The maximum absolute atomic E-state index is 8.84. The quantitative estimate of drug-likeness (QED) is 0.762. The molecule has 2 rings (SSSR count). The number of pyridine rings is 1. The third kappa shape index (κ3) is 2.99. The second-order valence-corrected chi connectivity index (χ2v) is 5.20. The molecule has 0 bridgehead atoms. The summed E-state index contributed by atoms with van der Waals surface area (Å²) in [4.78, 5) is 4.17. The van der Waals surface area contributed by atoms with Crippen LogP contribution in [0.4, 0.5) is 0 Å². The molecular weight excluding hydrogens is 319 g/mol. The van der Waals surface area contributed by atoms with Gasteiger partial charge in [-0.3, -0.25) is 0 Å². The third-order valence-electron chi connectivity index (χ3n) is 2.69. The van der Waals surface area contributed by atoms with Gasteiger partial charge >= 0.3 is 0 Å². The fourth-order valence-electron chi connectivity index (χ4n) is 1.81. The number of ether oxygens (including phenoxy) is 1. The van der Waals surface area contributed by atoms with Crippen LogP contribution in [-0.4, -0.2) is 12.1 Å². The lowest BCUT2D eigenvalue weighted by Gasteiger charge is -2.10. The van der Waals surface area contributed by atoms with Gasteiger partial charge in [-0.2, -0.15) is 5.26 Å². The van der Waals surface area contributed by atoms with E-state index in [4.69, 9.17) is 44.8 Å². The standard InChI is InChI=1S/C14H9Cl3N2O/c1-20-14-8(2-3-18)4-9(7-19-14)11-5-10(15)6-12(16)13(11)17/h4-7H,2H2,1H3. The number of benzene rings is 1. The van der Waals surface area contributed by atoms with Crippen molar-refractivity contribution in [2.75, 3.05) is 7.11 Å². The first kappa shape index (κ1) is 14.9. The molecule has 0 N–H and O–H groups in total. The summed E-state index contributed by atoms with van der Waals surface area (Å²) in [5, 5.41) is 10.1. The van der Waals surface area contributed by atoms with Gasteiger partial charge in [-0.1, -0.05) is 34.8 Å². The summed E-state index contributed by atoms with van der Waals surface area (Å²) >= 11 is 18.2. The van der Waals surface area contributed by atoms with Crippen molar-refractivity contribution >= 4 is 34.8 Å². The Hall–Kier alpha value is -1.47. The molecule has 20 heavy (non-hydrogen) atoms.